The number of carbonyl (C=O) groups excluding carboxylic acids is 2. The lowest BCUT2D eigenvalue weighted by Gasteiger charge is -2.24. The van der Waals surface area contributed by atoms with E-state index in [1.165, 1.54) is 33.8 Å². The standard InChI is InChI=1S/C20H17Cl2FN6O2/c1-11-25-26-27-29(11)18-10-13(5-7-16(18)23)24-19(30)17-3-2-8-28(17)20(31)14-9-12(21)4-6-15(14)22/h4-7,9-10,17H,2-3,8H2,1H3,(H,24,30). The van der Waals surface area contributed by atoms with Crippen molar-refractivity contribution in [2.45, 2.75) is 25.8 Å². The highest BCUT2D eigenvalue weighted by atomic mass is 35.5. The number of hydrogen-bond acceptors (Lipinski definition) is 5. The third-order valence-corrected chi connectivity index (χ3v) is 5.61. The van der Waals surface area contributed by atoms with E-state index in [9.17, 15) is 14.0 Å². The third-order valence-electron chi connectivity index (χ3n) is 5.04. The number of tetrazole rings is 1. The maximum atomic E-state index is 14.3. The summed E-state index contributed by atoms with van der Waals surface area (Å²) in [6, 6.07) is 8.02. The van der Waals surface area contributed by atoms with Gasteiger partial charge in [0.2, 0.25) is 5.91 Å². The van der Waals surface area contributed by atoms with Crippen molar-refractivity contribution in [3.8, 4) is 5.69 Å². The quantitative estimate of drug-likeness (QED) is 0.638. The van der Waals surface area contributed by atoms with E-state index in [4.69, 9.17) is 23.2 Å². The summed E-state index contributed by atoms with van der Waals surface area (Å²) in [5.41, 5.74) is 0.703. The first kappa shape index (κ1) is 21.2. The fourth-order valence-electron chi connectivity index (χ4n) is 3.53. The molecule has 8 nitrogen and oxygen atoms in total. The average Bonchev–Trinajstić information content (AvgIpc) is 3.40. The van der Waals surface area contributed by atoms with Gasteiger partial charge in [0.15, 0.2) is 5.82 Å². The van der Waals surface area contributed by atoms with Gasteiger partial charge in [-0.05, 0) is 66.6 Å². The van der Waals surface area contributed by atoms with Gasteiger partial charge in [-0.1, -0.05) is 23.2 Å². The van der Waals surface area contributed by atoms with Crippen molar-refractivity contribution in [1.82, 2.24) is 25.1 Å². The van der Waals surface area contributed by atoms with Crippen LogP contribution in [0.4, 0.5) is 10.1 Å². The third kappa shape index (κ3) is 4.24. The van der Waals surface area contributed by atoms with Crippen LogP contribution >= 0.6 is 23.2 Å². The smallest absolute Gasteiger partial charge is 0.256 e. The number of hydrogen-bond donors (Lipinski definition) is 1. The Balaban J connectivity index is 1.55. The molecule has 1 aromatic heterocycles. The molecule has 0 spiro atoms. The molecular formula is C20H17Cl2FN6O2. The molecule has 31 heavy (non-hydrogen) atoms. The molecule has 11 heteroatoms. The summed E-state index contributed by atoms with van der Waals surface area (Å²) in [4.78, 5) is 27.4. The van der Waals surface area contributed by atoms with Crippen LogP contribution in [0.25, 0.3) is 5.69 Å². The molecule has 3 aromatic rings. The van der Waals surface area contributed by atoms with E-state index >= 15 is 0 Å². The van der Waals surface area contributed by atoms with Crippen molar-refractivity contribution in [2.24, 2.45) is 0 Å². The summed E-state index contributed by atoms with van der Waals surface area (Å²) < 4.78 is 15.5. The van der Waals surface area contributed by atoms with E-state index in [1.54, 1.807) is 19.1 Å². The molecule has 0 saturated carbocycles. The topological polar surface area (TPSA) is 93.0 Å². The summed E-state index contributed by atoms with van der Waals surface area (Å²) in [7, 11) is 0. The highest BCUT2D eigenvalue weighted by molar-refractivity contribution is 6.35. The molecule has 1 N–H and O–H groups in total. The molecule has 1 saturated heterocycles. The van der Waals surface area contributed by atoms with Crippen molar-refractivity contribution >= 4 is 40.7 Å². The lowest BCUT2D eigenvalue weighted by Crippen LogP contribution is -2.43. The molecule has 1 unspecified atom stereocenters. The van der Waals surface area contributed by atoms with Gasteiger partial charge < -0.3 is 10.2 Å². The predicted molar refractivity (Wildman–Crippen MR) is 113 cm³/mol. The zero-order valence-corrected chi connectivity index (χ0v) is 17.9. The van der Waals surface area contributed by atoms with Crippen LogP contribution in [0, 0.1) is 12.7 Å². The minimum Gasteiger partial charge on any atom is -0.327 e. The van der Waals surface area contributed by atoms with Gasteiger partial charge >= 0.3 is 0 Å². The second-order valence-electron chi connectivity index (χ2n) is 7.07. The number of nitrogens with one attached hydrogen (secondary N) is 1. The Kier molecular flexibility index (Phi) is 5.88. The first-order chi connectivity index (χ1) is 14.8. The molecule has 0 radical (unpaired) electrons. The summed E-state index contributed by atoms with van der Waals surface area (Å²) in [5.74, 6) is -0.890. The number of aromatic nitrogens is 4. The molecule has 1 fully saturated rings. The van der Waals surface area contributed by atoms with Crippen molar-refractivity contribution in [1.29, 1.82) is 0 Å². The van der Waals surface area contributed by atoms with Crippen molar-refractivity contribution < 1.29 is 14.0 Å². The minimum absolute atomic E-state index is 0.102. The van der Waals surface area contributed by atoms with E-state index in [0.717, 1.165) is 0 Å². The van der Waals surface area contributed by atoms with Crippen LogP contribution < -0.4 is 5.32 Å². The van der Waals surface area contributed by atoms with Gasteiger partial charge in [-0.15, -0.1) is 5.10 Å². The SMILES string of the molecule is Cc1nnnn1-c1cc(NC(=O)C2CCCN2C(=O)c2cc(Cl)ccc2Cl)ccc1F. The highest BCUT2D eigenvalue weighted by Crippen LogP contribution is 2.27. The van der Waals surface area contributed by atoms with Crippen LogP contribution in [0.15, 0.2) is 36.4 Å². The van der Waals surface area contributed by atoms with Gasteiger partial charge in [-0.3, -0.25) is 9.59 Å². The molecule has 2 aromatic carbocycles. The summed E-state index contributed by atoms with van der Waals surface area (Å²) >= 11 is 12.2. The zero-order valence-electron chi connectivity index (χ0n) is 16.3. The maximum absolute atomic E-state index is 14.3. The molecule has 2 heterocycles. The van der Waals surface area contributed by atoms with Crippen molar-refractivity contribution in [2.75, 3.05) is 11.9 Å². The van der Waals surface area contributed by atoms with Crippen LogP contribution in [-0.4, -0.2) is 49.5 Å². The fraction of sp³-hybridized carbons (Fsp3) is 0.250. The van der Waals surface area contributed by atoms with E-state index in [2.05, 4.69) is 20.8 Å². The number of nitrogens with zero attached hydrogens (tertiary/aromatic N) is 5. The second-order valence-corrected chi connectivity index (χ2v) is 7.92. The molecule has 1 aliphatic heterocycles. The number of anilines is 1. The maximum Gasteiger partial charge on any atom is 0.256 e. The fourth-order valence-corrected chi connectivity index (χ4v) is 3.90. The lowest BCUT2D eigenvalue weighted by atomic mass is 10.1. The van der Waals surface area contributed by atoms with E-state index in [-0.39, 0.29) is 28.1 Å². The Bertz CT molecular complexity index is 1170. The van der Waals surface area contributed by atoms with Gasteiger partial charge in [0.1, 0.15) is 17.5 Å². The van der Waals surface area contributed by atoms with E-state index in [1.807, 2.05) is 0 Å². The largest absolute Gasteiger partial charge is 0.327 e. The highest BCUT2D eigenvalue weighted by Gasteiger charge is 2.35. The summed E-state index contributed by atoms with van der Waals surface area (Å²) in [6.07, 6.45) is 1.16. The second kappa shape index (κ2) is 8.60. The molecule has 1 aliphatic rings. The van der Waals surface area contributed by atoms with Gasteiger partial charge in [0, 0.05) is 17.3 Å². The van der Waals surface area contributed by atoms with Gasteiger partial charge in [0.25, 0.3) is 5.91 Å². The summed E-state index contributed by atoms with van der Waals surface area (Å²) in [6.45, 7) is 2.05. The van der Waals surface area contributed by atoms with Gasteiger partial charge in [-0.2, -0.15) is 4.68 Å². The number of aryl methyl sites for hydroxylation is 1. The Morgan fingerprint density at radius 3 is 2.74 bits per heavy atom. The monoisotopic (exact) mass is 462 g/mol. The number of halogens is 3. The number of carbonyl (C=O) groups is 2. The van der Waals surface area contributed by atoms with Crippen molar-refractivity contribution in [3.05, 3.63) is 63.6 Å². The molecule has 1 atom stereocenters. The van der Waals surface area contributed by atoms with Crippen LogP contribution in [0.1, 0.15) is 29.0 Å². The first-order valence-corrected chi connectivity index (χ1v) is 10.2. The first-order valence-electron chi connectivity index (χ1n) is 9.47. The zero-order chi connectivity index (χ0) is 22.1. The van der Waals surface area contributed by atoms with Crippen LogP contribution in [0.2, 0.25) is 10.0 Å². The normalized spacial score (nSPS) is 15.9. The van der Waals surface area contributed by atoms with Crippen molar-refractivity contribution in [3.63, 3.8) is 0 Å². The number of rotatable bonds is 4. The molecule has 160 valence electrons. The number of benzene rings is 2. The van der Waals surface area contributed by atoms with Crippen LogP contribution in [-0.2, 0) is 4.79 Å². The molecule has 0 aliphatic carbocycles. The molecule has 0 bridgehead atoms. The number of likely N-dealkylation sites (tertiary alicyclic amines) is 1. The van der Waals surface area contributed by atoms with Gasteiger partial charge in [0.05, 0.1) is 10.6 Å². The Labute approximate surface area is 186 Å². The van der Waals surface area contributed by atoms with Gasteiger partial charge in [-0.25, -0.2) is 4.39 Å². The number of amides is 2. The average molecular weight is 463 g/mol. The Hall–Kier alpha value is -3.04. The minimum atomic E-state index is -0.689. The molecule has 4 rings (SSSR count). The lowest BCUT2D eigenvalue weighted by molar-refractivity contribution is -0.119. The van der Waals surface area contributed by atoms with E-state index < -0.39 is 11.9 Å². The predicted octanol–water partition coefficient (Wildman–Crippen LogP) is 3.66. The molecular weight excluding hydrogens is 446 g/mol. The summed E-state index contributed by atoms with van der Waals surface area (Å²) in [5, 5.41) is 14.4. The molecule has 2 amide bonds. The Morgan fingerprint density at radius 2 is 2.00 bits per heavy atom. The van der Waals surface area contributed by atoms with Crippen LogP contribution in [0.5, 0.6) is 0 Å². The van der Waals surface area contributed by atoms with E-state index in [0.29, 0.717) is 35.9 Å². The Morgan fingerprint density at radius 1 is 1.19 bits per heavy atom. The van der Waals surface area contributed by atoms with Crippen LogP contribution in [0.3, 0.4) is 0 Å².